The molecule has 0 aliphatic carbocycles. The van der Waals surface area contributed by atoms with E-state index in [-0.39, 0.29) is 13.0 Å². The summed E-state index contributed by atoms with van der Waals surface area (Å²) in [6.45, 7) is 1.26. The molecule has 174 valence electrons. The molecule has 1 fully saturated rings. The Bertz CT molecular complexity index is 740. The minimum Gasteiger partial charge on any atom is -0.481 e. The van der Waals surface area contributed by atoms with Crippen molar-refractivity contribution in [3.05, 3.63) is 0 Å². The van der Waals surface area contributed by atoms with Gasteiger partial charge in [0.1, 0.15) is 18.1 Å². The quantitative estimate of drug-likeness (QED) is 0.166. The Labute approximate surface area is 176 Å². The van der Waals surface area contributed by atoms with E-state index in [0.29, 0.717) is 6.42 Å². The van der Waals surface area contributed by atoms with E-state index in [9.17, 15) is 33.9 Å². The van der Waals surface area contributed by atoms with Gasteiger partial charge in [-0.05, 0) is 19.8 Å². The van der Waals surface area contributed by atoms with Gasteiger partial charge in [-0.15, -0.1) is 0 Å². The highest BCUT2D eigenvalue weighted by molar-refractivity contribution is 5.95. The van der Waals surface area contributed by atoms with Crippen LogP contribution in [0.25, 0.3) is 0 Å². The van der Waals surface area contributed by atoms with Crippen LogP contribution in [0.1, 0.15) is 32.6 Å². The van der Waals surface area contributed by atoms with E-state index in [1.54, 1.807) is 0 Å². The average molecular weight is 446 g/mol. The van der Waals surface area contributed by atoms with Gasteiger partial charge in [-0.25, -0.2) is 4.79 Å². The van der Waals surface area contributed by atoms with Crippen molar-refractivity contribution >= 4 is 35.6 Å². The molecule has 0 aromatic heterocycles. The molecule has 14 heteroatoms. The number of carboxylic acid groups (broad SMARTS) is 3. The second kappa shape index (κ2) is 11.2. The smallest absolute Gasteiger partial charge is 0.326 e. The van der Waals surface area contributed by atoms with E-state index < -0.39 is 78.7 Å². The molecule has 0 bridgehead atoms. The number of rotatable bonds is 11. The molecule has 0 saturated carbocycles. The SMILES string of the molecule is CC(O)C(NC(=O)C(N)CC(=O)O)C(=O)N1CCCC1C(=O)NC(CC(=O)O)C(=O)O. The highest BCUT2D eigenvalue weighted by Crippen LogP contribution is 2.20. The predicted octanol–water partition coefficient (Wildman–Crippen LogP) is -3.31. The lowest BCUT2D eigenvalue weighted by atomic mass is 10.1. The first-order chi connectivity index (χ1) is 14.3. The molecule has 8 N–H and O–H groups in total. The molecular weight excluding hydrogens is 420 g/mol. The molecule has 3 amide bonds. The number of nitrogens with one attached hydrogen (secondary N) is 2. The van der Waals surface area contributed by atoms with Crippen LogP contribution in [0.3, 0.4) is 0 Å². The molecule has 1 saturated heterocycles. The number of nitrogens with zero attached hydrogens (tertiary/aromatic N) is 1. The molecule has 0 radical (unpaired) electrons. The van der Waals surface area contributed by atoms with E-state index in [1.165, 1.54) is 6.92 Å². The lowest BCUT2D eigenvalue weighted by Gasteiger charge is -2.30. The van der Waals surface area contributed by atoms with Gasteiger partial charge in [-0.3, -0.25) is 24.0 Å². The van der Waals surface area contributed by atoms with Gasteiger partial charge in [0.15, 0.2) is 0 Å². The van der Waals surface area contributed by atoms with Gasteiger partial charge in [-0.1, -0.05) is 0 Å². The van der Waals surface area contributed by atoms with Crippen LogP contribution in [0, 0.1) is 0 Å². The van der Waals surface area contributed by atoms with Crippen LogP contribution in [0.5, 0.6) is 0 Å². The van der Waals surface area contributed by atoms with Crippen LogP contribution < -0.4 is 16.4 Å². The number of likely N-dealkylation sites (tertiary alicyclic amines) is 1. The summed E-state index contributed by atoms with van der Waals surface area (Å²) < 4.78 is 0. The highest BCUT2D eigenvalue weighted by Gasteiger charge is 2.40. The third-order valence-electron chi connectivity index (χ3n) is 4.61. The van der Waals surface area contributed by atoms with E-state index in [4.69, 9.17) is 21.1 Å². The number of aliphatic hydroxyl groups is 1. The highest BCUT2D eigenvalue weighted by atomic mass is 16.4. The van der Waals surface area contributed by atoms with Crippen LogP contribution in [0.15, 0.2) is 0 Å². The van der Waals surface area contributed by atoms with Gasteiger partial charge >= 0.3 is 17.9 Å². The zero-order valence-electron chi connectivity index (χ0n) is 16.7. The number of amides is 3. The standard InChI is InChI=1S/C17H26N4O10/c1-7(22)13(20-14(27)8(18)5-11(23)24)16(29)21-4-2-3-10(21)15(28)19-9(17(30)31)6-12(25)26/h7-10,13,22H,2-6,18H2,1H3,(H,19,28)(H,20,27)(H,23,24)(H,25,26)(H,30,31). The number of carboxylic acids is 3. The molecule has 1 aliphatic rings. The molecular formula is C17H26N4O10. The molecule has 0 spiro atoms. The Kier molecular flexibility index (Phi) is 9.33. The van der Waals surface area contributed by atoms with E-state index in [0.717, 1.165) is 4.90 Å². The Morgan fingerprint density at radius 3 is 2.10 bits per heavy atom. The molecule has 5 atom stereocenters. The lowest BCUT2D eigenvalue weighted by molar-refractivity contribution is -0.149. The summed E-state index contributed by atoms with van der Waals surface area (Å²) in [6.07, 6.45) is -2.48. The van der Waals surface area contributed by atoms with Crippen molar-refractivity contribution in [1.82, 2.24) is 15.5 Å². The summed E-state index contributed by atoms with van der Waals surface area (Å²) in [7, 11) is 0. The lowest BCUT2D eigenvalue weighted by Crippen LogP contribution is -2.59. The summed E-state index contributed by atoms with van der Waals surface area (Å²) >= 11 is 0. The average Bonchev–Trinajstić information content (AvgIpc) is 3.13. The van der Waals surface area contributed by atoms with Crippen LogP contribution in [-0.4, -0.2) is 97.8 Å². The van der Waals surface area contributed by atoms with Gasteiger partial charge in [0.25, 0.3) is 0 Å². The minimum absolute atomic E-state index is 0.0634. The van der Waals surface area contributed by atoms with Crippen LogP contribution >= 0.6 is 0 Å². The fraction of sp³-hybridized carbons (Fsp3) is 0.647. The van der Waals surface area contributed by atoms with E-state index in [2.05, 4.69) is 10.6 Å². The number of nitrogens with two attached hydrogens (primary N) is 1. The first-order valence-corrected chi connectivity index (χ1v) is 9.36. The van der Waals surface area contributed by atoms with Crippen molar-refractivity contribution in [1.29, 1.82) is 0 Å². The molecule has 1 aliphatic heterocycles. The van der Waals surface area contributed by atoms with Crippen molar-refractivity contribution in [2.24, 2.45) is 5.73 Å². The van der Waals surface area contributed by atoms with Gasteiger partial charge < -0.3 is 41.7 Å². The third-order valence-corrected chi connectivity index (χ3v) is 4.61. The summed E-state index contributed by atoms with van der Waals surface area (Å²) in [5.74, 6) is -7.08. The number of aliphatic hydroxyl groups excluding tert-OH is 1. The minimum atomic E-state index is -1.70. The van der Waals surface area contributed by atoms with Gasteiger partial charge in [0.2, 0.25) is 17.7 Å². The van der Waals surface area contributed by atoms with Gasteiger partial charge in [-0.2, -0.15) is 0 Å². The third kappa shape index (κ3) is 7.49. The maximum absolute atomic E-state index is 12.9. The van der Waals surface area contributed by atoms with Crippen molar-refractivity contribution < 1.29 is 49.2 Å². The maximum atomic E-state index is 12.9. The second-order valence-corrected chi connectivity index (χ2v) is 7.12. The Balaban J connectivity index is 2.93. The first-order valence-electron chi connectivity index (χ1n) is 9.36. The van der Waals surface area contributed by atoms with Crippen molar-refractivity contribution in [2.75, 3.05) is 6.54 Å². The Hall–Kier alpha value is -3.26. The van der Waals surface area contributed by atoms with Crippen molar-refractivity contribution in [3.8, 4) is 0 Å². The number of hydrogen-bond acceptors (Lipinski definition) is 8. The van der Waals surface area contributed by atoms with Crippen molar-refractivity contribution in [2.45, 2.75) is 62.9 Å². The molecule has 31 heavy (non-hydrogen) atoms. The zero-order valence-corrected chi connectivity index (χ0v) is 16.7. The van der Waals surface area contributed by atoms with Crippen molar-refractivity contribution in [3.63, 3.8) is 0 Å². The number of carbonyl (C=O) groups excluding carboxylic acids is 3. The van der Waals surface area contributed by atoms with Gasteiger partial charge in [0, 0.05) is 6.54 Å². The second-order valence-electron chi connectivity index (χ2n) is 7.12. The van der Waals surface area contributed by atoms with E-state index >= 15 is 0 Å². The Morgan fingerprint density at radius 1 is 1.03 bits per heavy atom. The summed E-state index contributed by atoms with van der Waals surface area (Å²) in [6, 6.07) is -5.86. The van der Waals surface area contributed by atoms with E-state index in [1.807, 2.05) is 0 Å². The fourth-order valence-corrected chi connectivity index (χ4v) is 3.05. The van der Waals surface area contributed by atoms with Gasteiger partial charge in [0.05, 0.1) is 25.0 Å². The predicted molar refractivity (Wildman–Crippen MR) is 100 cm³/mol. The van der Waals surface area contributed by atoms with Crippen LogP contribution in [0.4, 0.5) is 0 Å². The molecule has 1 rings (SSSR count). The summed E-state index contributed by atoms with van der Waals surface area (Å²) in [5, 5.41) is 40.7. The monoisotopic (exact) mass is 446 g/mol. The topological polar surface area (TPSA) is 237 Å². The molecule has 0 aromatic rings. The zero-order chi connectivity index (χ0) is 23.9. The summed E-state index contributed by atoms with van der Waals surface area (Å²) in [4.78, 5) is 71.1. The maximum Gasteiger partial charge on any atom is 0.326 e. The fourth-order valence-electron chi connectivity index (χ4n) is 3.05. The normalized spacial score (nSPS) is 19.6. The summed E-state index contributed by atoms with van der Waals surface area (Å²) in [5.41, 5.74) is 5.45. The molecule has 1 heterocycles. The first kappa shape index (κ1) is 25.8. The Morgan fingerprint density at radius 2 is 1.61 bits per heavy atom. The van der Waals surface area contributed by atoms with Crippen LogP contribution in [-0.2, 0) is 28.8 Å². The number of aliphatic carboxylic acids is 3. The molecule has 14 nitrogen and oxygen atoms in total. The number of carbonyl (C=O) groups is 6. The largest absolute Gasteiger partial charge is 0.481 e. The molecule has 5 unspecified atom stereocenters. The molecule has 0 aromatic carbocycles. The number of hydrogen-bond donors (Lipinski definition) is 7. The van der Waals surface area contributed by atoms with Crippen LogP contribution in [0.2, 0.25) is 0 Å².